The van der Waals surface area contributed by atoms with Crippen LogP contribution in [0, 0.1) is 19.4 Å². The molecule has 0 spiro atoms. The summed E-state index contributed by atoms with van der Waals surface area (Å²) in [6.07, 6.45) is 3.62. The van der Waals surface area contributed by atoms with Crippen LogP contribution in [0.15, 0.2) is 54.9 Å². The summed E-state index contributed by atoms with van der Waals surface area (Å²) in [6.45, 7) is 4.05. The van der Waals surface area contributed by atoms with E-state index in [0.717, 1.165) is 34.4 Å². The van der Waals surface area contributed by atoms with Crippen LogP contribution in [-0.4, -0.2) is 24.1 Å². The molecule has 7 heteroatoms. The predicted octanol–water partition coefficient (Wildman–Crippen LogP) is 3.69. The number of pyridine rings is 2. The van der Waals surface area contributed by atoms with Crippen LogP contribution in [0.2, 0.25) is 0 Å². The van der Waals surface area contributed by atoms with Crippen LogP contribution in [-0.2, 0) is 19.8 Å². The molecule has 2 aliphatic heterocycles. The van der Waals surface area contributed by atoms with Crippen LogP contribution in [0.4, 0.5) is 34.4 Å². The number of hydrogen-bond donors (Lipinski definition) is 0. The van der Waals surface area contributed by atoms with E-state index in [9.17, 15) is 0 Å². The van der Waals surface area contributed by atoms with Gasteiger partial charge in [0.1, 0.15) is 11.6 Å². The zero-order valence-corrected chi connectivity index (χ0v) is 17.4. The standard InChI is InChI=1S/C20H17N6.Os/c1-23-13-25(19-17(23)8-4-10-21-19)15-6-3-7-16(12-15)26-14-24(2)18-9-5-11-22-20(18)26;/h3-11,13-14H,1-2H3;/q-3;. The summed E-state index contributed by atoms with van der Waals surface area (Å²) in [5.41, 5.74) is 4.02. The van der Waals surface area contributed by atoms with Gasteiger partial charge in [0.25, 0.3) is 0 Å². The van der Waals surface area contributed by atoms with Crippen LogP contribution in [0.3, 0.4) is 0 Å². The van der Waals surface area contributed by atoms with Crippen molar-refractivity contribution in [3.8, 4) is 0 Å². The second-order valence-electron chi connectivity index (χ2n) is 6.31. The Morgan fingerprint density at radius 3 is 1.70 bits per heavy atom. The average Bonchev–Trinajstić information content (AvgIpc) is 3.20. The minimum Gasteiger partial charge on any atom is -0.502 e. The van der Waals surface area contributed by atoms with Crippen LogP contribution < -0.4 is 19.6 Å². The van der Waals surface area contributed by atoms with E-state index in [1.165, 1.54) is 0 Å². The van der Waals surface area contributed by atoms with Gasteiger partial charge in [0.2, 0.25) is 0 Å². The Balaban J connectivity index is 0.00000180. The first-order valence-electron chi connectivity index (χ1n) is 8.39. The number of aromatic nitrogens is 2. The second-order valence-corrected chi connectivity index (χ2v) is 6.31. The Kier molecular flexibility index (Phi) is 4.49. The van der Waals surface area contributed by atoms with Gasteiger partial charge in [0, 0.05) is 43.6 Å². The molecule has 5 rings (SSSR count). The Bertz CT molecular complexity index is 903. The number of benzene rings is 1. The van der Waals surface area contributed by atoms with Gasteiger partial charge < -0.3 is 19.6 Å². The summed E-state index contributed by atoms with van der Waals surface area (Å²) in [5.74, 6) is 1.81. The molecule has 0 fully saturated rings. The third-order valence-electron chi connectivity index (χ3n) is 4.61. The van der Waals surface area contributed by atoms with Crippen molar-refractivity contribution in [3.63, 3.8) is 0 Å². The fraction of sp³-hybridized carbons (Fsp3) is 0.100. The molecule has 27 heavy (non-hydrogen) atoms. The number of fused-ring (bicyclic) bond motifs is 2. The molecule has 3 aromatic rings. The number of hydrogen-bond acceptors (Lipinski definition) is 6. The van der Waals surface area contributed by atoms with Gasteiger partial charge in [-0.1, -0.05) is 0 Å². The molecule has 0 atom stereocenters. The number of rotatable bonds is 2. The minimum absolute atomic E-state index is 0. The van der Waals surface area contributed by atoms with Gasteiger partial charge in [0.05, 0.1) is 0 Å². The molecule has 0 amide bonds. The van der Waals surface area contributed by atoms with E-state index >= 15 is 0 Å². The van der Waals surface area contributed by atoms with E-state index in [1.807, 2.05) is 70.2 Å². The molecule has 2 aliphatic rings. The normalized spacial score (nSPS) is 14.9. The number of anilines is 6. The van der Waals surface area contributed by atoms with Gasteiger partial charge in [0.15, 0.2) is 0 Å². The molecular formula is C20H17N6Os-3. The van der Waals surface area contributed by atoms with Crippen molar-refractivity contribution in [2.75, 3.05) is 33.7 Å². The molecule has 6 nitrogen and oxygen atoms in total. The summed E-state index contributed by atoms with van der Waals surface area (Å²) >= 11 is 0. The summed E-state index contributed by atoms with van der Waals surface area (Å²) in [5, 5.41) is 0. The Morgan fingerprint density at radius 2 is 1.22 bits per heavy atom. The largest absolute Gasteiger partial charge is 0.502 e. The molecule has 0 saturated carbocycles. The SMILES string of the molecule is CN1[CH-]N(c2[c-]c(N3[CH-]N(C)c4cccnc43)ccc2)c2ncccc21.[Os]. The van der Waals surface area contributed by atoms with Crippen LogP contribution >= 0.6 is 0 Å². The van der Waals surface area contributed by atoms with E-state index in [0.29, 0.717) is 0 Å². The molecule has 0 aliphatic carbocycles. The smallest absolute Gasteiger partial charge is 0.124 e. The van der Waals surface area contributed by atoms with Crippen molar-refractivity contribution in [3.05, 3.63) is 74.3 Å². The molecule has 4 heterocycles. The Hall–Kier alpha value is -2.64. The number of nitrogens with zero attached hydrogens (tertiary/aromatic N) is 6. The monoisotopic (exact) mass is 533 g/mol. The zero-order chi connectivity index (χ0) is 17.7. The van der Waals surface area contributed by atoms with E-state index in [2.05, 4.69) is 47.8 Å². The van der Waals surface area contributed by atoms with Crippen molar-refractivity contribution in [1.82, 2.24) is 9.97 Å². The Labute approximate surface area is 172 Å². The molecular weight excluding hydrogens is 514 g/mol. The molecule has 138 valence electrons. The fourth-order valence-electron chi connectivity index (χ4n) is 3.36. The molecule has 1 aromatic carbocycles. The van der Waals surface area contributed by atoms with Gasteiger partial charge >= 0.3 is 0 Å². The van der Waals surface area contributed by atoms with E-state index < -0.39 is 0 Å². The maximum absolute atomic E-state index is 4.53. The molecule has 0 radical (unpaired) electrons. The van der Waals surface area contributed by atoms with Gasteiger partial charge in [-0.05, 0) is 38.4 Å². The van der Waals surface area contributed by atoms with Crippen molar-refractivity contribution < 1.29 is 19.8 Å². The van der Waals surface area contributed by atoms with Gasteiger partial charge in [-0.2, -0.15) is 19.4 Å². The maximum atomic E-state index is 4.53. The molecule has 0 bridgehead atoms. The van der Waals surface area contributed by atoms with E-state index in [1.54, 1.807) is 0 Å². The third kappa shape index (κ3) is 2.83. The third-order valence-corrected chi connectivity index (χ3v) is 4.61. The topological polar surface area (TPSA) is 38.7 Å². The quantitative estimate of drug-likeness (QED) is 0.470. The van der Waals surface area contributed by atoms with Crippen molar-refractivity contribution in [2.45, 2.75) is 0 Å². The minimum atomic E-state index is 0. The second kappa shape index (κ2) is 6.83. The first-order chi connectivity index (χ1) is 12.7. The van der Waals surface area contributed by atoms with Gasteiger partial charge in [-0.25, -0.2) is 9.97 Å². The Morgan fingerprint density at radius 1 is 0.741 bits per heavy atom. The summed E-state index contributed by atoms with van der Waals surface area (Å²) in [6, 6.07) is 17.6. The van der Waals surface area contributed by atoms with Crippen LogP contribution in [0.5, 0.6) is 0 Å². The molecule has 2 aromatic heterocycles. The summed E-state index contributed by atoms with van der Waals surface area (Å²) in [7, 11) is 4.04. The first-order valence-corrected chi connectivity index (χ1v) is 8.39. The fourth-order valence-corrected chi connectivity index (χ4v) is 3.36. The van der Waals surface area contributed by atoms with Crippen molar-refractivity contribution >= 4 is 34.4 Å². The molecule has 0 saturated heterocycles. The molecule has 0 N–H and O–H groups in total. The van der Waals surface area contributed by atoms with Gasteiger partial charge in [-0.3, -0.25) is 0 Å². The zero-order valence-electron chi connectivity index (χ0n) is 14.9. The average molecular weight is 532 g/mol. The van der Waals surface area contributed by atoms with Crippen molar-refractivity contribution in [2.24, 2.45) is 0 Å². The summed E-state index contributed by atoms with van der Waals surface area (Å²) < 4.78 is 0. The maximum Gasteiger partial charge on any atom is 0.124 e. The van der Waals surface area contributed by atoms with Crippen molar-refractivity contribution in [1.29, 1.82) is 0 Å². The van der Waals surface area contributed by atoms with E-state index in [4.69, 9.17) is 0 Å². The van der Waals surface area contributed by atoms with Crippen LogP contribution in [0.1, 0.15) is 0 Å². The first kappa shape index (κ1) is 17.8. The predicted molar refractivity (Wildman–Crippen MR) is 103 cm³/mol. The van der Waals surface area contributed by atoms with E-state index in [-0.39, 0.29) is 19.8 Å². The van der Waals surface area contributed by atoms with Gasteiger partial charge in [-0.15, -0.1) is 29.6 Å². The summed E-state index contributed by atoms with van der Waals surface area (Å²) in [4.78, 5) is 17.3. The van der Waals surface area contributed by atoms with Crippen LogP contribution in [0.25, 0.3) is 0 Å². The molecule has 0 unspecified atom stereocenters.